The van der Waals surface area contributed by atoms with Gasteiger partial charge in [-0.05, 0) is 55.3 Å². The van der Waals surface area contributed by atoms with Crippen LogP contribution < -0.4 is 5.32 Å². The Hall–Kier alpha value is -3.17. The zero-order valence-corrected chi connectivity index (χ0v) is 20.3. The van der Waals surface area contributed by atoms with Gasteiger partial charge in [0.05, 0.1) is 23.7 Å². The predicted octanol–water partition coefficient (Wildman–Crippen LogP) is 5.30. The number of ether oxygens (including phenoxy) is 1. The highest BCUT2D eigenvalue weighted by Gasteiger charge is 2.36. The monoisotopic (exact) mass is 519 g/mol. The first-order chi connectivity index (χ1) is 17.1. The van der Waals surface area contributed by atoms with E-state index in [-0.39, 0.29) is 37.1 Å². The van der Waals surface area contributed by atoms with Crippen LogP contribution in [0.2, 0.25) is 5.02 Å². The maximum atomic E-state index is 12.8. The molecule has 1 fully saturated rings. The average Bonchev–Trinajstić information content (AvgIpc) is 3.48. The van der Waals surface area contributed by atoms with Crippen LogP contribution in [0.5, 0.6) is 0 Å². The molecule has 1 N–H and O–H groups in total. The fourth-order valence-corrected chi connectivity index (χ4v) is 4.09. The molecule has 10 heteroatoms. The Morgan fingerprint density at radius 1 is 1.22 bits per heavy atom. The van der Waals surface area contributed by atoms with E-state index in [2.05, 4.69) is 5.32 Å². The summed E-state index contributed by atoms with van der Waals surface area (Å²) in [7, 11) is 0. The van der Waals surface area contributed by atoms with Crippen molar-refractivity contribution < 1.29 is 27.5 Å². The highest BCUT2D eigenvalue weighted by Crippen LogP contribution is 2.28. The third kappa shape index (κ3) is 6.33. The normalized spacial score (nSPS) is 16.7. The highest BCUT2D eigenvalue weighted by atomic mass is 35.5. The van der Waals surface area contributed by atoms with Gasteiger partial charge in [0.2, 0.25) is 5.91 Å². The number of alkyl halides is 3. The van der Waals surface area contributed by atoms with Crippen LogP contribution in [-0.4, -0.2) is 40.3 Å². The molecule has 1 aliphatic rings. The minimum atomic E-state index is -4.43. The molecule has 0 saturated carbocycles. The second kappa shape index (κ2) is 10.8. The minimum absolute atomic E-state index is 0.00822. The number of carbonyl (C=O) groups excluding carboxylic acids is 2. The lowest BCUT2D eigenvalue weighted by atomic mass is 9.98. The Morgan fingerprint density at radius 3 is 2.64 bits per heavy atom. The molecule has 0 unspecified atom stereocenters. The van der Waals surface area contributed by atoms with E-state index in [1.807, 2.05) is 24.3 Å². The number of hydrogen-bond acceptors (Lipinski definition) is 4. The summed E-state index contributed by atoms with van der Waals surface area (Å²) >= 11 is 6.04. The van der Waals surface area contributed by atoms with E-state index in [1.165, 1.54) is 0 Å². The van der Waals surface area contributed by atoms with Crippen molar-refractivity contribution in [1.82, 2.24) is 15.1 Å². The molecule has 2 heterocycles. The number of hydrogen-bond donors (Lipinski definition) is 1. The van der Waals surface area contributed by atoms with Gasteiger partial charge in [0, 0.05) is 35.9 Å². The lowest BCUT2D eigenvalue weighted by Gasteiger charge is -2.16. The Balaban J connectivity index is 1.58. The van der Waals surface area contributed by atoms with Crippen LogP contribution in [0.25, 0.3) is 16.9 Å². The van der Waals surface area contributed by atoms with Crippen molar-refractivity contribution in [3.05, 3.63) is 70.9 Å². The molecule has 0 bridgehead atoms. The van der Waals surface area contributed by atoms with E-state index in [1.54, 1.807) is 35.0 Å². The van der Waals surface area contributed by atoms with Crippen molar-refractivity contribution in [1.29, 1.82) is 0 Å². The first kappa shape index (κ1) is 25.9. The number of carbonyl (C=O) groups is 2. The van der Waals surface area contributed by atoms with E-state index in [0.29, 0.717) is 34.9 Å². The molecule has 1 amide bonds. The number of aromatic nitrogens is 2. The second-order valence-electron chi connectivity index (χ2n) is 8.78. The van der Waals surface area contributed by atoms with Crippen molar-refractivity contribution in [2.75, 3.05) is 6.54 Å². The fourth-order valence-electron chi connectivity index (χ4n) is 3.96. The molecule has 2 atom stereocenters. The molecule has 36 heavy (non-hydrogen) atoms. The van der Waals surface area contributed by atoms with Gasteiger partial charge < -0.3 is 10.1 Å². The first-order valence-corrected chi connectivity index (χ1v) is 11.9. The smallest absolute Gasteiger partial charge is 0.364 e. The molecular weight excluding hydrogens is 495 g/mol. The topological polar surface area (TPSA) is 73.2 Å². The Labute approximate surface area is 211 Å². The van der Waals surface area contributed by atoms with Crippen LogP contribution in [0.15, 0.2) is 54.6 Å². The van der Waals surface area contributed by atoms with Crippen molar-refractivity contribution in [2.24, 2.45) is 5.92 Å². The van der Waals surface area contributed by atoms with Crippen molar-refractivity contribution >= 4 is 23.3 Å². The number of nitrogens with one attached hydrogen (secondary N) is 1. The molecular formula is C26H25ClF3N3O3. The summed E-state index contributed by atoms with van der Waals surface area (Å²) in [6.45, 7) is 1.15. The molecule has 0 aliphatic carbocycles. The zero-order chi connectivity index (χ0) is 25.9. The number of nitrogens with zero attached hydrogens (tertiary/aromatic N) is 2. The van der Waals surface area contributed by atoms with Crippen molar-refractivity contribution in [3.8, 4) is 16.9 Å². The maximum absolute atomic E-state index is 12.8. The van der Waals surface area contributed by atoms with Crippen molar-refractivity contribution in [2.45, 2.75) is 45.1 Å². The number of benzene rings is 2. The summed E-state index contributed by atoms with van der Waals surface area (Å²) in [6.07, 6.45) is -5.46. The lowest BCUT2D eigenvalue weighted by molar-refractivity contribution is -0.217. The van der Waals surface area contributed by atoms with Gasteiger partial charge in [-0.2, -0.15) is 18.3 Å². The quantitative estimate of drug-likeness (QED) is 0.416. The molecule has 1 aromatic heterocycles. The second-order valence-corrected chi connectivity index (χ2v) is 9.21. The largest absolute Gasteiger partial charge is 0.414 e. The number of halogens is 4. The summed E-state index contributed by atoms with van der Waals surface area (Å²) < 4.78 is 45.2. The number of amides is 1. The SMILES string of the molecule is C[C@@H](OCc1cccc(-c2cc(CCC(=O)[C@@H]3CNC(=O)C3)nn2-c2ccc(Cl)cc2)c1)C(F)(F)F. The van der Waals surface area contributed by atoms with Gasteiger partial charge in [0.15, 0.2) is 6.10 Å². The Morgan fingerprint density at radius 2 is 1.97 bits per heavy atom. The molecule has 1 aliphatic heterocycles. The number of ketones is 1. The molecule has 2 aromatic carbocycles. The fraction of sp³-hybridized carbons (Fsp3) is 0.346. The predicted molar refractivity (Wildman–Crippen MR) is 129 cm³/mol. The third-order valence-corrected chi connectivity index (χ3v) is 6.33. The van der Waals surface area contributed by atoms with Crippen LogP contribution in [0, 0.1) is 5.92 Å². The van der Waals surface area contributed by atoms with Gasteiger partial charge in [-0.15, -0.1) is 0 Å². The summed E-state index contributed by atoms with van der Waals surface area (Å²) in [5.41, 5.74) is 3.45. The van der Waals surface area contributed by atoms with Gasteiger partial charge in [-0.1, -0.05) is 29.8 Å². The van der Waals surface area contributed by atoms with Gasteiger partial charge in [0.1, 0.15) is 5.78 Å². The number of aryl methyl sites for hydroxylation is 1. The first-order valence-electron chi connectivity index (χ1n) is 11.5. The van der Waals surface area contributed by atoms with Crippen LogP contribution in [0.1, 0.15) is 31.0 Å². The van der Waals surface area contributed by atoms with Crippen LogP contribution in [0.4, 0.5) is 13.2 Å². The van der Waals surface area contributed by atoms with Gasteiger partial charge in [-0.25, -0.2) is 4.68 Å². The van der Waals surface area contributed by atoms with E-state index in [0.717, 1.165) is 18.2 Å². The Kier molecular flexibility index (Phi) is 7.80. The third-order valence-electron chi connectivity index (χ3n) is 6.08. The minimum Gasteiger partial charge on any atom is -0.364 e. The summed E-state index contributed by atoms with van der Waals surface area (Å²) in [6, 6.07) is 16.0. The van der Waals surface area contributed by atoms with Crippen LogP contribution in [0.3, 0.4) is 0 Å². The molecule has 190 valence electrons. The number of Topliss-reactive ketones (excluding diaryl/α,β-unsaturated/α-hetero) is 1. The van der Waals surface area contributed by atoms with E-state index in [9.17, 15) is 22.8 Å². The van der Waals surface area contributed by atoms with Crippen molar-refractivity contribution in [3.63, 3.8) is 0 Å². The van der Waals surface area contributed by atoms with E-state index >= 15 is 0 Å². The molecule has 1 saturated heterocycles. The van der Waals surface area contributed by atoms with E-state index < -0.39 is 12.3 Å². The molecule has 0 radical (unpaired) electrons. The zero-order valence-electron chi connectivity index (χ0n) is 19.5. The highest BCUT2D eigenvalue weighted by molar-refractivity contribution is 6.30. The van der Waals surface area contributed by atoms with Crippen LogP contribution >= 0.6 is 11.6 Å². The average molecular weight is 520 g/mol. The van der Waals surface area contributed by atoms with E-state index in [4.69, 9.17) is 21.4 Å². The standard InChI is InChI=1S/C26H25ClF3N3O3/c1-16(26(28,29)30)36-15-17-3-2-4-18(11-17)23-13-21(7-10-24(34)19-12-25(35)31-14-19)32-33(23)22-8-5-20(27)6-9-22/h2-6,8-9,11,13,16,19H,7,10,12,14-15H2,1H3,(H,31,35)/t16-,19+/m1/s1. The molecule has 0 spiro atoms. The van der Waals surface area contributed by atoms with Gasteiger partial charge in [-0.3, -0.25) is 9.59 Å². The lowest BCUT2D eigenvalue weighted by Crippen LogP contribution is -2.28. The summed E-state index contributed by atoms with van der Waals surface area (Å²) in [5, 5.41) is 7.94. The van der Waals surface area contributed by atoms with Gasteiger partial charge >= 0.3 is 6.18 Å². The Bertz CT molecular complexity index is 1240. The van der Waals surface area contributed by atoms with Gasteiger partial charge in [0.25, 0.3) is 0 Å². The molecule has 4 rings (SSSR count). The number of rotatable bonds is 9. The maximum Gasteiger partial charge on any atom is 0.414 e. The van der Waals surface area contributed by atoms with Crippen LogP contribution in [-0.2, 0) is 27.4 Å². The molecule has 3 aromatic rings. The summed E-state index contributed by atoms with van der Waals surface area (Å²) in [5.74, 6) is -0.420. The summed E-state index contributed by atoms with van der Waals surface area (Å²) in [4.78, 5) is 24.0. The molecule has 6 nitrogen and oxygen atoms in total.